The Balaban J connectivity index is 2.22. The second-order valence-electron chi connectivity index (χ2n) is 4.86. The number of hydrogen-bond donors (Lipinski definition) is 1. The van der Waals surface area contributed by atoms with Crippen molar-refractivity contribution < 1.29 is 0 Å². The first-order valence-corrected chi connectivity index (χ1v) is 7.45. The minimum absolute atomic E-state index is 0.223. The maximum Gasteiger partial charge on any atom is 0.0504 e. The molecular formula is C13H18ClIN2. The van der Waals surface area contributed by atoms with Crippen LogP contribution in [0.15, 0.2) is 18.2 Å². The summed E-state index contributed by atoms with van der Waals surface area (Å²) in [5.74, 6) is 0. The third-order valence-corrected chi connectivity index (χ3v) is 4.60. The number of piperazine rings is 1. The maximum absolute atomic E-state index is 6.00. The van der Waals surface area contributed by atoms with Crippen molar-refractivity contribution in [3.05, 3.63) is 26.8 Å². The molecule has 1 unspecified atom stereocenters. The van der Waals surface area contributed by atoms with Crippen LogP contribution >= 0.6 is 34.2 Å². The van der Waals surface area contributed by atoms with Crippen molar-refractivity contribution in [2.24, 2.45) is 0 Å². The van der Waals surface area contributed by atoms with Gasteiger partial charge in [0.1, 0.15) is 0 Å². The highest BCUT2D eigenvalue weighted by molar-refractivity contribution is 14.1. The Bertz CT molecular complexity index is 410. The molecule has 1 N–H and O–H groups in total. The van der Waals surface area contributed by atoms with E-state index in [1.807, 2.05) is 12.1 Å². The van der Waals surface area contributed by atoms with Crippen molar-refractivity contribution in [1.29, 1.82) is 0 Å². The highest BCUT2D eigenvalue weighted by Crippen LogP contribution is 2.28. The first kappa shape index (κ1) is 13.4. The summed E-state index contributed by atoms with van der Waals surface area (Å²) in [6.07, 6.45) is 1.15. The molecule has 0 aliphatic carbocycles. The molecule has 0 bridgehead atoms. The summed E-state index contributed by atoms with van der Waals surface area (Å²) >= 11 is 8.37. The third-order valence-electron chi connectivity index (χ3n) is 3.50. The van der Waals surface area contributed by atoms with Crippen LogP contribution < -0.4 is 10.2 Å². The molecule has 1 saturated heterocycles. The van der Waals surface area contributed by atoms with E-state index in [0.717, 1.165) is 31.1 Å². The van der Waals surface area contributed by atoms with Gasteiger partial charge in [-0.2, -0.15) is 0 Å². The minimum Gasteiger partial charge on any atom is -0.368 e. The smallest absolute Gasteiger partial charge is 0.0504 e. The molecule has 4 heteroatoms. The van der Waals surface area contributed by atoms with Crippen LogP contribution in [0.3, 0.4) is 0 Å². The fourth-order valence-corrected chi connectivity index (χ4v) is 3.44. The van der Waals surface area contributed by atoms with Crippen LogP contribution in [0.4, 0.5) is 5.69 Å². The van der Waals surface area contributed by atoms with Gasteiger partial charge in [-0.05, 0) is 54.1 Å². The number of nitrogens with zero attached hydrogens (tertiary/aromatic N) is 1. The molecule has 94 valence electrons. The van der Waals surface area contributed by atoms with Crippen molar-refractivity contribution in [2.75, 3.05) is 24.5 Å². The topological polar surface area (TPSA) is 15.3 Å². The van der Waals surface area contributed by atoms with Gasteiger partial charge in [0.2, 0.25) is 0 Å². The van der Waals surface area contributed by atoms with Crippen molar-refractivity contribution in [3.8, 4) is 0 Å². The molecule has 1 aliphatic rings. The summed E-state index contributed by atoms with van der Waals surface area (Å²) in [5.41, 5.74) is 1.53. The first-order chi connectivity index (χ1) is 8.04. The summed E-state index contributed by atoms with van der Waals surface area (Å²) in [4.78, 5) is 2.46. The summed E-state index contributed by atoms with van der Waals surface area (Å²) in [6, 6.07) is 6.14. The molecule has 0 amide bonds. The van der Waals surface area contributed by atoms with Gasteiger partial charge in [-0.3, -0.25) is 0 Å². The van der Waals surface area contributed by atoms with Gasteiger partial charge in [0.25, 0.3) is 0 Å². The van der Waals surface area contributed by atoms with Crippen LogP contribution in [0.1, 0.15) is 20.3 Å². The molecule has 1 aliphatic heterocycles. The standard InChI is InChI=1S/C13H18ClIN2/c1-3-13(2)9-17(7-6-16-13)12-5-4-10(14)8-11(12)15/h4-5,8,16H,3,6-7,9H2,1-2H3. The Kier molecular flexibility index (Phi) is 4.21. The normalized spacial score (nSPS) is 25.1. The minimum atomic E-state index is 0.223. The molecule has 17 heavy (non-hydrogen) atoms. The molecule has 1 aromatic carbocycles. The van der Waals surface area contributed by atoms with Crippen LogP contribution in [0.5, 0.6) is 0 Å². The molecule has 0 saturated carbocycles. The molecular weight excluding hydrogens is 347 g/mol. The molecule has 2 nitrogen and oxygen atoms in total. The van der Waals surface area contributed by atoms with Crippen LogP contribution in [-0.2, 0) is 0 Å². The van der Waals surface area contributed by atoms with E-state index in [4.69, 9.17) is 11.6 Å². The zero-order chi connectivity index (χ0) is 12.5. The number of hydrogen-bond acceptors (Lipinski definition) is 2. The zero-order valence-corrected chi connectivity index (χ0v) is 13.2. The van der Waals surface area contributed by atoms with Gasteiger partial charge in [0.15, 0.2) is 0 Å². The lowest BCUT2D eigenvalue weighted by molar-refractivity contribution is 0.314. The fourth-order valence-electron chi connectivity index (χ4n) is 2.23. The maximum atomic E-state index is 6.00. The molecule has 1 fully saturated rings. The van der Waals surface area contributed by atoms with Crippen LogP contribution in [0, 0.1) is 3.57 Å². The second kappa shape index (κ2) is 5.33. The van der Waals surface area contributed by atoms with Crippen molar-refractivity contribution in [1.82, 2.24) is 5.32 Å². The van der Waals surface area contributed by atoms with Gasteiger partial charge in [-0.15, -0.1) is 0 Å². The molecule has 0 spiro atoms. The van der Waals surface area contributed by atoms with E-state index in [2.05, 4.69) is 52.7 Å². The van der Waals surface area contributed by atoms with Gasteiger partial charge < -0.3 is 10.2 Å². The second-order valence-corrected chi connectivity index (χ2v) is 6.46. The largest absolute Gasteiger partial charge is 0.368 e. The van der Waals surface area contributed by atoms with Crippen LogP contribution in [-0.4, -0.2) is 25.2 Å². The highest BCUT2D eigenvalue weighted by Gasteiger charge is 2.29. The first-order valence-electron chi connectivity index (χ1n) is 5.99. The number of nitrogens with one attached hydrogen (secondary N) is 1. The fraction of sp³-hybridized carbons (Fsp3) is 0.538. The Morgan fingerprint density at radius 1 is 1.53 bits per heavy atom. The lowest BCUT2D eigenvalue weighted by Crippen LogP contribution is -2.58. The quantitative estimate of drug-likeness (QED) is 0.808. The van der Waals surface area contributed by atoms with Gasteiger partial charge in [0, 0.05) is 33.8 Å². The average Bonchev–Trinajstić information content (AvgIpc) is 2.29. The summed E-state index contributed by atoms with van der Waals surface area (Å²) in [6.45, 7) is 7.70. The number of rotatable bonds is 2. The average molecular weight is 365 g/mol. The summed E-state index contributed by atoms with van der Waals surface area (Å²) < 4.78 is 1.23. The number of anilines is 1. The Morgan fingerprint density at radius 3 is 2.94 bits per heavy atom. The van der Waals surface area contributed by atoms with E-state index in [1.165, 1.54) is 9.26 Å². The van der Waals surface area contributed by atoms with Crippen molar-refractivity contribution in [3.63, 3.8) is 0 Å². The lowest BCUT2D eigenvalue weighted by atomic mass is 9.95. The summed E-state index contributed by atoms with van der Waals surface area (Å²) in [5, 5.41) is 4.42. The monoisotopic (exact) mass is 364 g/mol. The number of halogens is 2. The lowest BCUT2D eigenvalue weighted by Gasteiger charge is -2.42. The van der Waals surface area contributed by atoms with Gasteiger partial charge in [0.05, 0.1) is 5.69 Å². The van der Waals surface area contributed by atoms with Crippen LogP contribution in [0.25, 0.3) is 0 Å². The van der Waals surface area contributed by atoms with E-state index < -0.39 is 0 Å². The van der Waals surface area contributed by atoms with E-state index in [0.29, 0.717) is 0 Å². The third kappa shape index (κ3) is 3.06. The molecule has 2 rings (SSSR count). The van der Waals surface area contributed by atoms with E-state index >= 15 is 0 Å². The van der Waals surface area contributed by atoms with Crippen molar-refractivity contribution in [2.45, 2.75) is 25.8 Å². The molecule has 1 heterocycles. The molecule has 0 aromatic heterocycles. The van der Waals surface area contributed by atoms with E-state index in [1.54, 1.807) is 0 Å². The predicted octanol–water partition coefficient (Wildman–Crippen LogP) is 3.52. The molecule has 1 atom stereocenters. The Labute approximate surface area is 122 Å². The van der Waals surface area contributed by atoms with Gasteiger partial charge >= 0.3 is 0 Å². The number of benzene rings is 1. The Morgan fingerprint density at radius 2 is 2.29 bits per heavy atom. The van der Waals surface area contributed by atoms with Crippen LogP contribution in [0.2, 0.25) is 5.02 Å². The Hall–Kier alpha value is -0.0000000000000000763. The zero-order valence-electron chi connectivity index (χ0n) is 10.3. The summed E-state index contributed by atoms with van der Waals surface area (Å²) in [7, 11) is 0. The van der Waals surface area contributed by atoms with E-state index in [9.17, 15) is 0 Å². The van der Waals surface area contributed by atoms with Crippen molar-refractivity contribution >= 4 is 39.9 Å². The molecule has 1 aromatic rings. The highest BCUT2D eigenvalue weighted by atomic mass is 127. The molecule has 0 radical (unpaired) electrons. The van der Waals surface area contributed by atoms with E-state index in [-0.39, 0.29) is 5.54 Å². The SMILES string of the molecule is CCC1(C)CN(c2ccc(Cl)cc2I)CCN1. The van der Waals surface area contributed by atoms with Gasteiger partial charge in [-0.1, -0.05) is 18.5 Å². The predicted molar refractivity (Wildman–Crippen MR) is 83.1 cm³/mol. The van der Waals surface area contributed by atoms with Gasteiger partial charge in [-0.25, -0.2) is 0 Å².